The number of halogens is 2. The van der Waals surface area contributed by atoms with Gasteiger partial charge in [-0.15, -0.1) is 0 Å². The Labute approximate surface area is 122 Å². The predicted molar refractivity (Wildman–Crippen MR) is 75.7 cm³/mol. The number of fused-ring (bicyclic) bond motifs is 2. The zero-order valence-electron chi connectivity index (χ0n) is 10.4. The van der Waals surface area contributed by atoms with Crippen molar-refractivity contribution in [2.75, 3.05) is 13.6 Å². The molecule has 19 heavy (non-hydrogen) atoms. The van der Waals surface area contributed by atoms with Crippen LogP contribution in [0.25, 0.3) is 0 Å². The summed E-state index contributed by atoms with van der Waals surface area (Å²) in [5.74, 6) is -0.0451. The Bertz CT molecular complexity index is 662. The number of sulfonamides is 1. The highest BCUT2D eigenvalue weighted by Gasteiger charge is 2.67. The van der Waals surface area contributed by atoms with Gasteiger partial charge in [0.05, 0.1) is 10.0 Å². The van der Waals surface area contributed by atoms with Crippen LogP contribution in [0.1, 0.15) is 17.5 Å². The largest absolute Gasteiger partial charge is 0.330 e. The van der Waals surface area contributed by atoms with E-state index in [9.17, 15) is 8.42 Å². The summed E-state index contributed by atoms with van der Waals surface area (Å²) >= 11 is 12.1. The first-order chi connectivity index (χ1) is 8.84. The summed E-state index contributed by atoms with van der Waals surface area (Å²) in [5.41, 5.74) is 7.38. The SMILES string of the molecule is CN1Cc2cc(Cl)c(Cl)cc2C2(CC2CN)S1(=O)=O. The predicted octanol–water partition coefficient (Wildman–Crippen LogP) is 1.94. The van der Waals surface area contributed by atoms with Gasteiger partial charge in [-0.05, 0) is 42.1 Å². The fourth-order valence-electron chi connectivity index (χ4n) is 3.08. The van der Waals surface area contributed by atoms with Crippen LogP contribution in [-0.4, -0.2) is 26.3 Å². The molecule has 0 radical (unpaired) electrons. The second-order valence-corrected chi connectivity index (χ2v) is 8.33. The molecule has 1 aliphatic heterocycles. The Hall–Kier alpha value is -0.330. The molecule has 2 atom stereocenters. The van der Waals surface area contributed by atoms with Crippen LogP contribution in [0.2, 0.25) is 10.0 Å². The van der Waals surface area contributed by atoms with E-state index in [4.69, 9.17) is 28.9 Å². The Kier molecular flexibility index (Phi) is 2.93. The number of hydrogen-bond acceptors (Lipinski definition) is 3. The van der Waals surface area contributed by atoms with Gasteiger partial charge in [-0.25, -0.2) is 8.42 Å². The van der Waals surface area contributed by atoms with Crippen LogP contribution < -0.4 is 5.73 Å². The van der Waals surface area contributed by atoms with Crippen molar-refractivity contribution in [3.8, 4) is 0 Å². The zero-order chi connectivity index (χ0) is 14.0. The van der Waals surface area contributed by atoms with E-state index < -0.39 is 14.8 Å². The number of nitrogens with zero attached hydrogens (tertiary/aromatic N) is 1. The van der Waals surface area contributed by atoms with E-state index in [0.29, 0.717) is 29.6 Å². The standard InChI is InChI=1S/C12H14Cl2N2O2S/c1-16-6-7-2-10(13)11(14)3-9(7)12(19(16,17)18)4-8(12)5-15/h2-3,8H,4-6,15H2,1H3. The molecular weight excluding hydrogens is 307 g/mol. The molecule has 1 aliphatic carbocycles. The summed E-state index contributed by atoms with van der Waals surface area (Å²) in [4.78, 5) is 0. The van der Waals surface area contributed by atoms with E-state index in [1.807, 2.05) is 0 Å². The quantitative estimate of drug-likeness (QED) is 0.860. The minimum Gasteiger partial charge on any atom is -0.330 e. The van der Waals surface area contributed by atoms with E-state index in [1.165, 1.54) is 4.31 Å². The van der Waals surface area contributed by atoms with Gasteiger partial charge in [0.2, 0.25) is 10.0 Å². The molecular formula is C12H14Cl2N2O2S. The Morgan fingerprint density at radius 3 is 2.63 bits per heavy atom. The van der Waals surface area contributed by atoms with Crippen LogP contribution in [0.3, 0.4) is 0 Å². The van der Waals surface area contributed by atoms with E-state index in [1.54, 1.807) is 19.2 Å². The molecule has 1 heterocycles. The molecule has 0 amide bonds. The minimum absolute atomic E-state index is 0.0451. The van der Waals surface area contributed by atoms with Crippen LogP contribution in [0.5, 0.6) is 0 Å². The van der Waals surface area contributed by atoms with E-state index in [0.717, 1.165) is 11.1 Å². The number of nitrogens with two attached hydrogens (primary N) is 1. The van der Waals surface area contributed by atoms with Crippen LogP contribution in [0.4, 0.5) is 0 Å². The fraction of sp³-hybridized carbons (Fsp3) is 0.500. The lowest BCUT2D eigenvalue weighted by atomic mass is 10.0. The molecule has 0 saturated heterocycles. The summed E-state index contributed by atoms with van der Waals surface area (Å²) in [6.45, 7) is 0.681. The minimum atomic E-state index is -3.38. The van der Waals surface area contributed by atoms with Gasteiger partial charge in [0, 0.05) is 13.6 Å². The van der Waals surface area contributed by atoms with Crippen LogP contribution in [0.15, 0.2) is 12.1 Å². The Morgan fingerprint density at radius 1 is 1.42 bits per heavy atom. The summed E-state index contributed by atoms with van der Waals surface area (Å²) in [6, 6.07) is 3.46. The lowest BCUT2D eigenvalue weighted by Gasteiger charge is -2.33. The molecule has 0 bridgehead atoms. The first-order valence-corrected chi connectivity index (χ1v) is 8.18. The second kappa shape index (κ2) is 4.09. The van der Waals surface area contributed by atoms with E-state index in [-0.39, 0.29) is 5.92 Å². The van der Waals surface area contributed by atoms with E-state index in [2.05, 4.69) is 0 Å². The highest BCUT2D eigenvalue weighted by Crippen LogP contribution is 2.61. The number of benzene rings is 1. The first kappa shape index (κ1) is 13.6. The van der Waals surface area contributed by atoms with Gasteiger partial charge in [0.15, 0.2) is 0 Å². The smallest absolute Gasteiger partial charge is 0.224 e. The maximum atomic E-state index is 12.6. The molecule has 1 fully saturated rings. The number of hydrogen-bond donors (Lipinski definition) is 1. The molecule has 2 aliphatic rings. The van der Waals surface area contributed by atoms with Gasteiger partial charge in [-0.1, -0.05) is 23.2 Å². The van der Waals surface area contributed by atoms with Gasteiger partial charge in [-0.3, -0.25) is 0 Å². The Morgan fingerprint density at radius 2 is 2.05 bits per heavy atom. The van der Waals surface area contributed by atoms with Crippen molar-refractivity contribution in [1.82, 2.24) is 4.31 Å². The highest BCUT2D eigenvalue weighted by molar-refractivity contribution is 7.90. The summed E-state index contributed by atoms with van der Waals surface area (Å²) in [7, 11) is -1.79. The molecule has 1 aromatic carbocycles. The van der Waals surface area contributed by atoms with Crippen molar-refractivity contribution in [2.24, 2.45) is 11.7 Å². The van der Waals surface area contributed by atoms with Gasteiger partial charge in [0.1, 0.15) is 4.75 Å². The lowest BCUT2D eigenvalue weighted by molar-refractivity contribution is 0.432. The van der Waals surface area contributed by atoms with Crippen molar-refractivity contribution in [2.45, 2.75) is 17.7 Å². The first-order valence-electron chi connectivity index (χ1n) is 5.99. The monoisotopic (exact) mass is 320 g/mol. The topological polar surface area (TPSA) is 63.4 Å². The van der Waals surface area contributed by atoms with Crippen molar-refractivity contribution < 1.29 is 8.42 Å². The third kappa shape index (κ3) is 1.63. The maximum absolute atomic E-state index is 12.6. The third-order valence-corrected chi connectivity index (χ3v) is 7.51. The van der Waals surface area contributed by atoms with Gasteiger partial charge >= 0.3 is 0 Å². The van der Waals surface area contributed by atoms with Crippen molar-refractivity contribution in [3.05, 3.63) is 33.3 Å². The molecule has 3 rings (SSSR count). The summed E-state index contributed by atoms with van der Waals surface area (Å²) in [5, 5.41) is 0.843. The molecule has 4 nitrogen and oxygen atoms in total. The average molecular weight is 321 g/mol. The lowest BCUT2D eigenvalue weighted by Crippen LogP contribution is -2.42. The van der Waals surface area contributed by atoms with Crippen LogP contribution in [-0.2, 0) is 21.3 Å². The Balaban J connectivity index is 2.27. The third-order valence-electron chi connectivity index (χ3n) is 4.20. The molecule has 1 spiro atoms. The molecule has 1 aromatic rings. The second-order valence-electron chi connectivity index (χ2n) is 5.21. The number of rotatable bonds is 1. The molecule has 104 valence electrons. The summed E-state index contributed by atoms with van der Waals surface area (Å²) in [6.07, 6.45) is 0.557. The van der Waals surface area contributed by atoms with Crippen molar-refractivity contribution in [3.63, 3.8) is 0 Å². The maximum Gasteiger partial charge on any atom is 0.224 e. The van der Waals surface area contributed by atoms with Gasteiger partial charge in [-0.2, -0.15) is 4.31 Å². The summed E-state index contributed by atoms with van der Waals surface area (Å²) < 4.78 is 25.7. The normalized spacial score (nSPS) is 32.3. The van der Waals surface area contributed by atoms with Crippen molar-refractivity contribution in [1.29, 1.82) is 0 Å². The molecule has 0 aromatic heterocycles. The highest BCUT2D eigenvalue weighted by atomic mass is 35.5. The molecule has 2 unspecified atom stereocenters. The van der Waals surface area contributed by atoms with Crippen LogP contribution >= 0.6 is 23.2 Å². The molecule has 1 saturated carbocycles. The van der Waals surface area contributed by atoms with Gasteiger partial charge in [0.25, 0.3) is 0 Å². The molecule has 2 N–H and O–H groups in total. The zero-order valence-corrected chi connectivity index (χ0v) is 12.7. The van der Waals surface area contributed by atoms with E-state index >= 15 is 0 Å². The van der Waals surface area contributed by atoms with Gasteiger partial charge < -0.3 is 5.73 Å². The average Bonchev–Trinajstić information content (AvgIpc) is 3.07. The van der Waals surface area contributed by atoms with Crippen LogP contribution in [0, 0.1) is 5.92 Å². The molecule has 7 heteroatoms. The fourth-order valence-corrected chi connectivity index (χ4v) is 5.69. The van der Waals surface area contributed by atoms with Crippen molar-refractivity contribution >= 4 is 33.2 Å².